The van der Waals surface area contributed by atoms with Gasteiger partial charge in [0.2, 0.25) is 0 Å². The highest BCUT2D eigenvalue weighted by Gasteiger charge is 2.23. The number of nitrogens with two attached hydrogens (primary N) is 1. The molecule has 32 heavy (non-hydrogen) atoms. The van der Waals surface area contributed by atoms with Gasteiger partial charge in [-0.05, 0) is 43.3 Å². The number of halogens is 1. The number of hydrogen-bond donors (Lipinski definition) is 2. The van der Waals surface area contributed by atoms with Crippen LogP contribution >= 0.6 is 11.6 Å². The highest BCUT2D eigenvalue weighted by molar-refractivity contribution is 7.89. The summed E-state index contributed by atoms with van der Waals surface area (Å²) in [6, 6.07) is 4.67. The molecule has 0 radical (unpaired) electrons. The lowest BCUT2D eigenvalue weighted by atomic mass is 9.96. The van der Waals surface area contributed by atoms with Gasteiger partial charge >= 0.3 is 11.7 Å². The number of amides is 1. The van der Waals surface area contributed by atoms with Crippen LogP contribution in [0.5, 0.6) is 5.75 Å². The summed E-state index contributed by atoms with van der Waals surface area (Å²) in [5.74, 6) is 0.0357. The first-order valence-corrected chi connectivity index (χ1v) is 11.1. The number of carbonyl (C=O) groups is 1. The van der Waals surface area contributed by atoms with E-state index in [0.717, 1.165) is 0 Å². The largest absolute Gasteiger partial charge is 0.422 e. The van der Waals surface area contributed by atoms with Gasteiger partial charge in [-0.3, -0.25) is 0 Å². The Bertz CT molecular complexity index is 1370. The molecule has 2 aromatic heterocycles. The Hall–Kier alpha value is -2.99. The van der Waals surface area contributed by atoms with Crippen LogP contribution in [0.15, 0.2) is 44.7 Å². The van der Waals surface area contributed by atoms with Crippen molar-refractivity contribution in [2.75, 3.05) is 21.1 Å². The summed E-state index contributed by atoms with van der Waals surface area (Å²) in [4.78, 5) is 29.7. The molecule has 0 aliphatic carbocycles. The minimum atomic E-state index is -3.80. The first-order valence-electron chi connectivity index (χ1n) is 9.27. The summed E-state index contributed by atoms with van der Waals surface area (Å²) in [5.41, 5.74) is 6.73. The van der Waals surface area contributed by atoms with Crippen LogP contribution in [0.4, 0.5) is 4.79 Å². The third kappa shape index (κ3) is 4.46. The summed E-state index contributed by atoms with van der Waals surface area (Å²) < 4.78 is 36.9. The SMILES string of the molecule is CNS(=O)(=O)c1cc(C(N)c2c(C)c3cc(Cl)c(OC(=O)N(C)C)cc3oc2=O)ccn1. The van der Waals surface area contributed by atoms with Gasteiger partial charge in [0.1, 0.15) is 5.58 Å². The van der Waals surface area contributed by atoms with Crippen LogP contribution in [0.25, 0.3) is 11.0 Å². The lowest BCUT2D eigenvalue weighted by Gasteiger charge is -2.17. The number of ether oxygens (including phenoxy) is 1. The van der Waals surface area contributed by atoms with Crippen molar-refractivity contribution < 1.29 is 22.4 Å². The second kappa shape index (κ2) is 8.87. The molecule has 1 aromatic carbocycles. The molecule has 0 saturated heterocycles. The second-order valence-corrected chi connectivity index (χ2v) is 9.32. The summed E-state index contributed by atoms with van der Waals surface area (Å²) in [5, 5.41) is 0.392. The molecule has 0 saturated carbocycles. The third-order valence-corrected chi connectivity index (χ3v) is 6.41. The van der Waals surface area contributed by atoms with E-state index < -0.39 is 27.8 Å². The van der Waals surface area contributed by atoms with E-state index in [1.807, 2.05) is 0 Å². The van der Waals surface area contributed by atoms with E-state index in [9.17, 15) is 18.0 Å². The summed E-state index contributed by atoms with van der Waals surface area (Å²) in [6.45, 7) is 1.67. The molecule has 3 rings (SSSR count). The van der Waals surface area contributed by atoms with Crippen LogP contribution in [0, 0.1) is 6.92 Å². The fraction of sp³-hybridized carbons (Fsp3) is 0.250. The van der Waals surface area contributed by atoms with Gasteiger partial charge in [-0.25, -0.2) is 27.7 Å². The molecule has 2 heterocycles. The summed E-state index contributed by atoms with van der Waals surface area (Å²) >= 11 is 6.27. The smallest absolute Gasteiger partial charge is 0.414 e. The number of hydrogen-bond acceptors (Lipinski definition) is 8. The normalized spacial score (nSPS) is 12.6. The van der Waals surface area contributed by atoms with Crippen molar-refractivity contribution >= 4 is 38.7 Å². The van der Waals surface area contributed by atoms with Gasteiger partial charge in [-0.2, -0.15) is 0 Å². The van der Waals surface area contributed by atoms with Crippen molar-refractivity contribution in [2.45, 2.75) is 18.0 Å². The Morgan fingerprint density at radius 1 is 1.31 bits per heavy atom. The van der Waals surface area contributed by atoms with Crippen molar-refractivity contribution in [3.05, 3.63) is 62.6 Å². The average molecular weight is 481 g/mol. The van der Waals surface area contributed by atoms with Gasteiger partial charge < -0.3 is 19.8 Å². The van der Waals surface area contributed by atoms with Gasteiger partial charge in [0, 0.05) is 31.7 Å². The van der Waals surface area contributed by atoms with E-state index in [1.165, 1.54) is 56.5 Å². The minimum Gasteiger partial charge on any atom is -0.422 e. The molecule has 0 aliphatic heterocycles. The molecular formula is C20H21ClN4O6S. The molecule has 1 unspecified atom stereocenters. The number of nitrogens with one attached hydrogen (secondary N) is 1. The zero-order chi connectivity index (χ0) is 23.8. The number of pyridine rings is 1. The number of nitrogens with zero attached hydrogens (tertiary/aromatic N) is 2. The molecule has 10 nitrogen and oxygen atoms in total. The summed E-state index contributed by atoms with van der Waals surface area (Å²) in [7, 11) is 0.496. The van der Waals surface area contributed by atoms with E-state index in [1.54, 1.807) is 6.92 Å². The zero-order valence-electron chi connectivity index (χ0n) is 17.7. The molecule has 0 fully saturated rings. The maximum Gasteiger partial charge on any atom is 0.414 e. The molecule has 12 heteroatoms. The van der Waals surface area contributed by atoms with Crippen molar-refractivity contribution in [1.82, 2.24) is 14.6 Å². The van der Waals surface area contributed by atoms with Gasteiger partial charge in [0.05, 0.1) is 16.6 Å². The highest BCUT2D eigenvalue weighted by atomic mass is 35.5. The molecule has 0 spiro atoms. The molecule has 3 N–H and O–H groups in total. The minimum absolute atomic E-state index is 0.0357. The fourth-order valence-corrected chi connectivity index (χ4v) is 3.93. The predicted molar refractivity (Wildman–Crippen MR) is 118 cm³/mol. The van der Waals surface area contributed by atoms with Crippen LogP contribution in [0.2, 0.25) is 5.02 Å². The Morgan fingerprint density at radius 2 is 2.00 bits per heavy atom. The van der Waals surface area contributed by atoms with E-state index in [4.69, 9.17) is 26.5 Å². The molecular weight excluding hydrogens is 460 g/mol. The molecule has 0 aliphatic rings. The Morgan fingerprint density at radius 3 is 2.62 bits per heavy atom. The zero-order valence-corrected chi connectivity index (χ0v) is 19.2. The fourth-order valence-electron chi connectivity index (χ4n) is 3.03. The molecule has 1 atom stereocenters. The molecule has 1 amide bonds. The molecule has 170 valence electrons. The molecule has 3 aromatic rings. The quantitative estimate of drug-likeness (QED) is 0.528. The van der Waals surface area contributed by atoms with E-state index in [-0.39, 0.29) is 26.9 Å². The first kappa shape index (κ1) is 23.7. The molecule has 0 bridgehead atoms. The number of benzene rings is 1. The topological polar surface area (TPSA) is 145 Å². The Balaban J connectivity index is 2.12. The number of aromatic nitrogens is 1. The van der Waals surface area contributed by atoms with Gasteiger partial charge in [0.15, 0.2) is 10.8 Å². The monoisotopic (exact) mass is 480 g/mol. The average Bonchev–Trinajstić information content (AvgIpc) is 2.75. The highest BCUT2D eigenvalue weighted by Crippen LogP contribution is 2.34. The van der Waals surface area contributed by atoms with E-state index >= 15 is 0 Å². The second-order valence-electron chi connectivity index (χ2n) is 7.08. The number of carbonyl (C=O) groups excluding carboxylic acids is 1. The predicted octanol–water partition coefficient (Wildman–Crippen LogP) is 2.17. The van der Waals surface area contributed by atoms with Crippen LogP contribution < -0.4 is 20.8 Å². The Kier molecular flexibility index (Phi) is 6.56. The first-order chi connectivity index (χ1) is 15.0. The van der Waals surface area contributed by atoms with Crippen molar-refractivity contribution in [3.63, 3.8) is 0 Å². The third-order valence-electron chi connectivity index (χ3n) is 4.80. The number of sulfonamides is 1. The van der Waals surface area contributed by atoms with Crippen molar-refractivity contribution in [2.24, 2.45) is 5.73 Å². The van der Waals surface area contributed by atoms with Gasteiger partial charge in [0.25, 0.3) is 10.0 Å². The maximum absolute atomic E-state index is 12.8. The van der Waals surface area contributed by atoms with E-state index in [0.29, 0.717) is 16.5 Å². The van der Waals surface area contributed by atoms with Crippen molar-refractivity contribution in [3.8, 4) is 5.75 Å². The van der Waals surface area contributed by atoms with Crippen LogP contribution in [-0.4, -0.2) is 45.5 Å². The lowest BCUT2D eigenvalue weighted by molar-refractivity contribution is 0.172. The van der Waals surface area contributed by atoms with Crippen LogP contribution in [0.3, 0.4) is 0 Å². The lowest BCUT2D eigenvalue weighted by Crippen LogP contribution is -2.25. The number of rotatable bonds is 5. The Labute approximate surface area is 189 Å². The van der Waals surface area contributed by atoms with Crippen molar-refractivity contribution in [1.29, 1.82) is 0 Å². The van der Waals surface area contributed by atoms with Crippen LogP contribution in [0.1, 0.15) is 22.7 Å². The van der Waals surface area contributed by atoms with Gasteiger partial charge in [-0.1, -0.05) is 11.6 Å². The summed E-state index contributed by atoms with van der Waals surface area (Å²) in [6.07, 6.45) is 0.647. The van der Waals surface area contributed by atoms with Crippen LogP contribution in [-0.2, 0) is 10.0 Å². The van der Waals surface area contributed by atoms with Gasteiger partial charge in [-0.15, -0.1) is 0 Å². The van der Waals surface area contributed by atoms with E-state index in [2.05, 4.69) is 9.71 Å². The maximum atomic E-state index is 12.8. The number of aryl methyl sites for hydroxylation is 1. The standard InChI is InChI=1S/C20H21ClN4O6S/c1-10-12-8-13(21)15(31-20(27)25(3)4)9-14(12)30-19(26)17(10)18(22)11-5-6-24-16(7-11)32(28,29)23-2/h5-9,18,23H,22H2,1-4H3. The number of fused-ring (bicyclic) bond motifs is 1.